The number of nitrogens with zero attached hydrogens (tertiary/aromatic N) is 3. The van der Waals surface area contributed by atoms with E-state index in [1.54, 1.807) is 23.1 Å². The number of aryl methyl sites for hydroxylation is 1. The van der Waals surface area contributed by atoms with Gasteiger partial charge in [-0.05, 0) is 50.8 Å². The molecule has 8 heteroatoms. The van der Waals surface area contributed by atoms with Gasteiger partial charge in [0.1, 0.15) is 17.7 Å². The monoisotopic (exact) mass is 394 g/mol. The number of benzene rings is 1. The number of nitrogens with one attached hydrogen (secondary N) is 1. The van der Waals surface area contributed by atoms with Crippen molar-refractivity contribution in [3.63, 3.8) is 0 Å². The second-order valence-corrected chi connectivity index (χ2v) is 7.71. The first kappa shape index (κ1) is 17.9. The maximum Gasteiger partial charge on any atom is 0.254 e. The van der Waals surface area contributed by atoms with Crippen LogP contribution in [0.4, 0.5) is 5.82 Å². The van der Waals surface area contributed by atoms with Crippen molar-refractivity contribution in [3.8, 4) is 11.5 Å². The van der Waals surface area contributed by atoms with E-state index >= 15 is 0 Å². The fourth-order valence-electron chi connectivity index (χ4n) is 3.93. The lowest BCUT2D eigenvalue weighted by Crippen LogP contribution is -2.43. The van der Waals surface area contributed by atoms with Crippen LogP contribution in [0.1, 0.15) is 53.5 Å². The number of ether oxygens (including phenoxy) is 2. The zero-order valence-corrected chi connectivity index (χ0v) is 16.2. The third-order valence-electron chi connectivity index (χ3n) is 5.54. The van der Waals surface area contributed by atoms with Crippen LogP contribution in [0.3, 0.4) is 0 Å². The van der Waals surface area contributed by atoms with Gasteiger partial charge in [-0.15, -0.1) is 0 Å². The number of amides is 2. The predicted molar refractivity (Wildman–Crippen MR) is 104 cm³/mol. The Morgan fingerprint density at radius 1 is 1.10 bits per heavy atom. The van der Waals surface area contributed by atoms with Crippen molar-refractivity contribution < 1.29 is 19.1 Å². The van der Waals surface area contributed by atoms with Crippen LogP contribution in [0, 0.1) is 6.92 Å². The number of carbonyl (C=O) groups excluding carboxylic acids is 2. The molecule has 2 aromatic rings. The molecule has 150 valence electrons. The maximum absolute atomic E-state index is 13.0. The lowest BCUT2D eigenvalue weighted by atomic mass is 10.1. The molecule has 1 N–H and O–H groups in total. The molecular formula is C21H22N4O4. The first-order valence-corrected chi connectivity index (χ1v) is 9.95. The molecule has 3 aliphatic rings. The molecule has 1 aromatic carbocycles. The summed E-state index contributed by atoms with van der Waals surface area (Å²) in [7, 11) is 0. The van der Waals surface area contributed by atoms with Crippen LogP contribution in [-0.2, 0) is 4.79 Å². The molecule has 0 spiro atoms. The smallest absolute Gasteiger partial charge is 0.254 e. The van der Waals surface area contributed by atoms with Gasteiger partial charge in [0.05, 0.1) is 0 Å². The minimum atomic E-state index is -0.521. The van der Waals surface area contributed by atoms with E-state index in [1.807, 2.05) is 13.0 Å². The maximum atomic E-state index is 13.0. The highest BCUT2D eigenvalue weighted by molar-refractivity contribution is 6.01. The van der Waals surface area contributed by atoms with Gasteiger partial charge in [0.25, 0.3) is 5.91 Å². The molecule has 1 atom stereocenters. The lowest BCUT2D eigenvalue weighted by molar-refractivity contribution is -0.119. The summed E-state index contributed by atoms with van der Waals surface area (Å²) in [5.41, 5.74) is 1.47. The van der Waals surface area contributed by atoms with Crippen molar-refractivity contribution in [2.45, 2.75) is 44.6 Å². The average Bonchev–Trinajstić information content (AvgIpc) is 3.25. The summed E-state index contributed by atoms with van der Waals surface area (Å²) in [5, 5.41) is 2.90. The number of anilines is 1. The van der Waals surface area contributed by atoms with Crippen molar-refractivity contribution in [1.82, 2.24) is 14.9 Å². The minimum absolute atomic E-state index is 0.156. The Balaban J connectivity index is 1.32. The van der Waals surface area contributed by atoms with Gasteiger partial charge in [0, 0.05) is 29.8 Å². The predicted octanol–water partition coefficient (Wildman–Crippen LogP) is 2.63. The van der Waals surface area contributed by atoms with Crippen LogP contribution in [0.15, 0.2) is 24.3 Å². The van der Waals surface area contributed by atoms with E-state index in [2.05, 4.69) is 15.3 Å². The molecular weight excluding hydrogens is 372 g/mol. The molecule has 8 nitrogen and oxygen atoms in total. The van der Waals surface area contributed by atoms with Crippen molar-refractivity contribution in [2.24, 2.45) is 0 Å². The fourth-order valence-corrected chi connectivity index (χ4v) is 3.93. The Bertz CT molecular complexity index is 989. The topological polar surface area (TPSA) is 93.7 Å². The number of fused-ring (bicyclic) bond motifs is 1. The Morgan fingerprint density at radius 2 is 1.93 bits per heavy atom. The number of likely N-dealkylation sites (tertiary alicyclic amines) is 1. The SMILES string of the molecule is Cc1nc(NC(=O)C2CCCN2C(=O)c2ccc3c(c2)OCO3)cc(C2CC2)n1. The average molecular weight is 394 g/mol. The van der Waals surface area contributed by atoms with Crippen molar-refractivity contribution in [1.29, 1.82) is 0 Å². The van der Waals surface area contributed by atoms with Gasteiger partial charge in [-0.2, -0.15) is 0 Å². The van der Waals surface area contributed by atoms with Crippen LogP contribution < -0.4 is 14.8 Å². The van der Waals surface area contributed by atoms with E-state index in [1.165, 1.54) is 0 Å². The number of carbonyl (C=O) groups is 2. The van der Waals surface area contributed by atoms with E-state index < -0.39 is 6.04 Å². The number of hydrogen-bond donors (Lipinski definition) is 1. The Labute approximate surface area is 168 Å². The van der Waals surface area contributed by atoms with E-state index in [9.17, 15) is 9.59 Å². The van der Waals surface area contributed by atoms with E-state index in [0.717, 1.165) is 25.0 Å². The van der Waals surface area contributed by atoms with E-state index in [-0.39, 0.29) is 18.6 Å². The summed E-state index contributed by atoms with van der Waals surface area (Å²) in [6.45, 7) is 2.52. The standard InChI is InChI=1S/C21H22N4O4/c1-12-22-15(13-4-5-13)10-19(23-12)24-20(26)16-3-2-8-25(16)21(27)14-6-7-17-18(9-14)29-11-28-17/h6-7,9-10,13,16H,2-5,8,11H2,1H3,(H,22,23,24,26). The molecule has 2 fully saturated rings. The molecule has 2 amide bonds. The second kappa shape index (κ2) is 7.02. The van der Waals surface area contributed by atoms with E-state index in [0.29, 0.717) is 47.6 Å². The minimum Gasteiger partial charge on any atom is -0.454 e. The molecule has 1 saturated heterocycles. The largest absolute Gasteiger partial charge is 0.454 e. The summed E-state index contributed by atoms with van der Waals surface area (Å²) in [6.07, 6.45) is 3.67. The summed E-state index contributed by atoms with van der Waals surface area (Å²) in [5.74, 6) is 2.41. The van der Waals surface area contributed by atoms with Crippen LogP contribution in [0.5, 0.6) is 11.5 Å². The summed E-state index contributed by atoms with van der Waals surface area (Å²) < 4.78 is 10.7. The van der Waals surface area contributed by atoms with Gasteiger partial charge in [0.2, 0.25) is 12.7 Å². The van der Waals surface area contributed by atoms with Crippen LogP contribution >= 0.6 is 0 Å². The van der Waals surface area contributed by atoms with Gasteiger partial charge in [0.15, 0.2) is 11.5 Å². The molecule has 0 radical (unpaired) electrons. The number of hydrogen-bond acceptors (Lipinski definition) is 6. The van der Waals surface area contributed by atoms with Crippen LogP contribution in [0.25, 0.3) is 0 Å². The Kier molecular flexibility index (Phi) is 4.34. The number of rotatable bonds is 4. The van der Waals surface area contributed by atoms with Gasteiger partial charge in [-0.3, -0.25) is 9.59 Å². The zero-order valence-electron chi connectivity index (χ0n) is 16.2. The summed E-state index contributed by atoms with van der Waals surface area (Å²) in [6, 6.07) is 6.44. The zero-order chi connectivity index (χ0) is 20.0. The molecule has 1 aliphatic carbocycles. The van der Waals surface area contributed by atoms with Crippen LogP contribution in [0.2, 0.25) is 0 Å². The van der Waals surface area contributed by atoms with Crippen molar-refractivity contribution >= 4 is 17.6 Å². The normalized spacial score (nSPS) is 20.0. The first-order valence-electron chi connectivity index (χ1n) is 9.95. The first-order chi connectivity index (χ1) is 14.1. The molecule has 29 heavy (non-hydrogen) atoms. The molecule has 5 rings (SSSR count). The lowest BCUT2D eigenvalue weighted by Gasteiger charge is -2.24. The third-order valence-corrected chi connectivity index (χ3v) is 5.54. The van der Waals surface area contributed by atoms with Gasteiger partial charge in [-0.25, -0.2) is 9.97 Å². The Hall–Kier alpha value is -3.16. The molecule has 1 saturated carbocycles. The summed E-state index contributed by atoms with van der Waals surface area (Å²) in [4.78, 5) is 36.4. The fraction of sp³-hybridized carbons (Fsp3) is 0.429. The van der Waals surface area contributed by atoms with Crippen molar-refractivity contribution in [3.05, 3.63) is 41.3 Å². The molecule has 1 aromatic heterocycles. The highest BCUT2D eigenvalue weighted by Crippen LogP contribution is 2.39. The van der Waals surface area contributed by atoms with Gasteiger partial charge < -0.3 is 19.7 Å². The molecule has 3 heterocycles. The van der Waals surface area contributed by atoms with Crippen LogP contribution in [-0.4, -0.2) is 46.1 Å². The van der Waals surface area contributed by atoms with Gasteiger partial charge >= 0.3 is 0 Å². The number of aromatic nitrogens is 2. The molecule has 1 unspecified atom stereocenters. The second-order valence-electron chi connectivity index (χ2n) is 7.71. The van der Waals surface area contributed by atoms with E-state index in [4.69, 9.17) is 9.47 Å². The quantitative estimate of drug-likeness (QED) is 0.857. The summed E-state index contributed by atoms with van der Waals surface area (Å²) >= 11 is 0. The molecule has 2 aliphatic heterocycles. The van der Waals surface area contributed by atoms with Gasteiger partial charge in [-0.1, -0.05) is 0 Å². The van der Waals surface area contributed by atoms with Crippen molar-refractivity contribution in [2.75, 3.05) is 18.7 Å². The third kappa shape index (κ3) is 3.50. The Morgan fingerprint density at radius 3 is 2.76 bits per heavy atom. The highest BCUT2D eigenvalue weighted by Gasteiger charge is 2.35. The molecule has 0 bridgehead atoms. The highest BCUT2D eigenvalue weighted by atomic mass is 16.7.